The minimum atomic E-state index is -3.74. The van der Waals surface area contributed by atoms with Crippen LogP contribution in [0.4, 0.5) is 11.4 Å². The van der Waals surface area contributed by atoms with Gasteiger partial charge in [0.2, 0.25) is 21.8 Å². The summed E-state index contributed by atoms with van der Waals surface area (Å²) in [6, 6.07) is 10.8. The second kappa shape index (κ2) is 8.91. The third-order valence-electron chi connectivity index (χ3n) is 6.64. The van der Waals surface area contributed by atoms with Gasteiger partial charge in [-0.2, -0.15) is 4.31 Å². The predicted molar refractivity (Wildman–Crippen MR) is 129 cm³/mol. The lowest BCUT2D eigenvalue weighted by Crippen LogP contribution is -2.43. The second-order valence-electron chi connectivity index (χ2n) is 9.24. The van der Waals surface area contributed by atoms with E-state index in [0.29, 0.717) is 25.8 Å². The van der Waals surface area contributed by atoms with Crippen LogP contribution >= 0.6 is 0 Å². The van der Waals surface area contributed by atoms with Crippen LogP contribution < -0.4 is 10.2 Å². The maximum atomic E-state index is 13.4. The van der Waals surface area contributed by atoms with Crippen LogP contribution in [-0.4, -0.2) is 43.7 Å². The van der Waals surface area contributed by atoms with E-state index < -0.39 is 15.9 Å². The maximum Gasteiger partial charge on any atom is 0.243 e. The first-order valence-corrected chi connectivity index (χ1v) is 12.8. The molecule has 1 N–H and O–H groups in total. The van der Waals surface area contributed by atoms with Gasteiger partial charge in [0.1, 0.15) is 0 Å². The lowest BCUT2D eigenvalue weighted by molar-refractivity contribution is -0.121. The summed E-state index contributed by atoms with van der Waals surface area (Å²) in [6.45, 7) is 7.98. The summed E-state index contributed by atoms with van der Waals surface area (Å²) in [7, 11) is -3.74. The van der Waals surface area contributed by atoms with Gasteiger partial charge in [-0.1, -0.05) is 17.7 Å². The van der Waals surface area contributed by atoms with Gasteiger partial charge in [-0.25, -0.2) is 8.42 Å². The zero-order valence-corrected chi connectivity index (χ0v) is 20.4. The van der Waals surface area contributed by atoms with E-state index in [2.05, 4.69) is 5.32 Å². The molecule has 2 aromatic rings. The number of benzene rings is 2. The molecule has 176 valence electrons. The molecule has 2 aliphatic heterocycles. The first-order valence-electron chi connectivity index (χ1n) is 11.4. The molecule has 2 atom stereocenters. The molecule has 0 bridgehead atoms. The van der Waals surface area contributed by atoms with Crippen LogP contribution in [0.2, 0.25) is 0 Å². The molecule has 2 aliphatic rings. The predicted octanol–water partition coefficient (Wildman–Crippen LogP) is 3.64. The van der Waals surface area contributed by atoms with Crippen molar-refractivity contribution >= 4 is 33.2 Å². The van der Waals surface area contributed by atoms with E-state index in [1.807, 2.05) is 39.0 Å². The Bertz CT molecular complexity index is 1210. The average molecular weight is 470 g/mol. The van der Waals surface area contributed by atoms with Crippen LogP contribution in [0.25, 0.3) is 0 Å². The molecule has 4 rings (SSSR count). The highest BCUT2D eigenvalue weighted by Crippen LogP contribution is 2.35. The number of carbonyl (C=O) groups is 2. The van der Waals surface area contributed by atoms with Crippen molar-refractivity contribution in [3.63, 3.8) is 0 Å². The Balaban J connectivity index is 1.51. The third-order valence-corrected chi connectivity index (χ3v) is 8.50. The van der Waals surface area contributed by atoms with Crippen LogP contribution in [0.5, 0.6) is 0 Å². The molecule has 2 aromatic carbocycles. The number of rotatable bonds is 4. The summed E-state index contributed by atoms with van der Waals surface area (Å²) in [5.74, 6) is -0.607. The van der Waals surface area contributed by atoms with E-state index in [1.165, 1.54) is 11.2 Å². The fourth-order valence-corrected chi connectivity index (χ4v) is 6.54. The molecule has 8 heteroatoms. The van der Waals surface area contributed by atoms with E-state index in [4.69, 9.17) is 0 Å². The monoisotopic (exact) mass is 469 g/mol. The zero-order valence-electron chi connectivity index (χ0n) is 19.6. The fraction of sp³-hybridized carbons (Fsp3) is 0.440. The molecule has 7 nitrogen and oxygen atoms in total. The SMILES string of the molecule is CC(=O)N1c2ccc(S(=O)(=O)N3CCC[C@H](C(=O)Nc4ccc(C)cc4C)C3)cc2C[C@H]1C. The topological polar surface area (TPSA) is 86.8 Å². The number of amides is 2. The van der Waals surface area contributed by atoms with E-state index in [0.717, 1.165) is 28.1 Å². The van der Waals surface area contributed by atoms with Crippen LogP contribution in [0, 0.1) is 19.8 Å². The maximum absolute atomic E-state index is 13.4. The highest BCUT2D eigenvalue weighted by molar-refractivity contribution is 7.89. The number of carbonyl (C=O) groups excluding carboxylic acids is 2. The van der Waals surface area contributed by atoms with Gasteiger partial charge in [0.25, 0.3) is 0 Å². The van der Waals surface area contributed by atoms with Gasteiger partial charge in [-0.15, -0.1) is 0 Å². The number of hydrogen-bond donors (Lipinski definition) is 1. The van der Waals surface area contributed by atoms with Gasteiger partial charge in [0.15, 0.2) is 0 Å². The molecule has 0 spiro atoms. The van der Waals surface area contributed by atoms with Crippen LogP contribution in [0.1, 0.15) is 43.4 Å². The molecule has 0 aliphatic carbocycles. The highest BCUT2D eigenvalue weighted by Gasteiger charge is 2.35. The summed E-state index contributed by atoms with van der Waals surface area (Å²) in [5, 5.41) is 2.98. The Morgan fingerprint density at radius 3 is 2.55 bits per heavy atom. The van der Waals surface area contributed by atoms with Crippen molar-refractivity contribution in [3.8, 4) is 0 Å². The normalized spacial score (nSPS) is 21.0. The standard InChI is InChI=1S/C25H31N3O4S/c1-16-7-9-23(17(2)12-16)26-25(30)20-6-5-11-27(15-20)33(31,32)22-8-10-24-21(14-22)13-18(3)28(24)19(4)29/h7-10,12,14,18,20H,5-6,11,13,15H2,1-4H3,(H,26,30)/t18-,20+/m1/s1. The Morgan fingerprint density at radius 1 is 1.09 bits per heavy atom. The minimum absolute atomic E-state index is 0.00347. The van der Waals surface area contributed by atoms with Gasteiger partial charge in [0.05, 0.1) is 10.8 Å². The number of anilines is 2. The number of nitrogens with one attached hydrogen (secondary N) is 1. The van der Waals surface area contributed by atoms with Crippen molar-refractivity contribution < 1.29 is 18.0 Å². The molecule has 0 aromatic heterocycles. The highest BCUT2D eigenvalue weighted by atomic mass is 32.2. The summed E-state index contributed by atoms with van der Waals surface area (Å²) in [5.41, 5.74) is 4.50. The van der Waals surface area contributed by atoms with Crippen molar-refractivity contribution in [2.45, 2.75) is 57.9 Å². The second-order valence-corrected chi connectivity index (χ2v) is 11.2. The summed E-state index contributed by atoms with van der Waals surface area (Å²) < 4.78 is 28.3. The van der Waals surface area contributed by atoms with Crippen molar-refractivity contribution in [1.29, 1.82) is 0 Å². The molecule has 0 unspecified atom stereocenters. The number of nitrogens with zero attached hydrogens (tertiary/aromatic N) is 2. The Morgan fingerprint density at radius 2 is 1.85 bits per heavy atom. The molecule has 2 amide bonds. The number of piperidine rings is 1. The Hall–Kier alpha value is -2.71. The summed E-state index contributed by atoms with van der Waals surface area (Å²) in [6.07, 6.45) is 1.90. The average Bonchev–Trinajstić information content (AvgIpc) is 3.10. The Labute approximate surface area is 195 Å². The number of hydrogen-bond acceptors (Lipinski definition) is 4. The van der Waals surface area contributed by atoms with Crippen molar-refractivity contribution in [1.82, 2.24) is 4.31 Å². The lowest BCUT2D eigenvalue weighted by atomic mass is 9.98. The van der Waals surface area contributed by atoms with E-state index in [9.17, 15) is 18.0 Å². The van der Waals surface area contributed by atoms with Crippen molar-refractivity contribution in [3.05, 3.63) is 53.1 Å². The number of aryl methyl sites for hydroxylation is 2. The number of fused-ring (bicyclic) bond motifs is 1. The quantitative estimate of drug-likeness (QED) is 0.741. The summed E-state index contributed by atoms with van der Waals surface area (Å²) >= 11 is 0. The van der Waals surface area contributed by atoms with Gasteiger partial charge in [0, 0.05) is 37.4 Å². The molecule has 1 fully saturated rings. The van der Waals surface area contributed by atoms with E-state index in [1.54, 1.807) is 23.1 Å². The van der Waals surface area contributed by atoms with Gasteiger partial charge >= 0.3 is 0 Å². The van der Waals surface area contributed by atoms with Crippen LogP contribution in [0.15, 0.2) is 41.3 Å². The van der Waals surface area contributed by atoms with Crippen molar-refractivity contribution in [2.24, 2.45) is 5.92 Å². The van der Waals surface area contributed by atoms with E-state index >= 15 is 0 Å². The molecule has 0 radical (unpaired) electrons. The largest absolute Gasteiger partial charge is 0.326 e. The molecule has 33 heavy (non-hydrogen) atoms. The molecule has 2 heterocycles. The van der Waals surface area contributed by atoms with Gasteiger partial charge < -0.3 is 10.2 Å². The first kappa shape index (κ1) is 23.4. The minimum Gasteiger partial charge on any atom is -0.326 e. The molecule has 0 saturated carbocycles. The van der Waals surface area contributed by atoms with Gasteiger partial charge in [-0.3, -0.25) is 9.59 Å². The summed E-state index contributed by atoms with van der Waals surface area (Å²) in [4.78, 5) is 26.8. The lowest BCUT2D eigenvalue weighted by Gasteiger charge is -2.31. The van der Waals surface area contributed by atoms with Gasteiger partial charge in [-0.05, 0) is 75.4 Å². The number of sulfonamides is 1. The molecular weight excluding hydrogens is 438 g/mol. The third kappa shape index (κ3) is 4.54. The molecule has 1 saturated heterocycles. The van der Waals surface area contributed by atoms with Crippen LogP contribution in [0.3, 0.4) is 0 Å². The first-order chi connectivity index (χ1) is 15.6. The van der Waals surface area contributed by atoms with Crippen LogP contribution in [-0.2, 0) is 26.0 Å². The zero-order chi connectivity index (χ0) is 23.9. The smallest absolute Gasteiger partial charge is 0.243 e. The van der Waals surface area contributed by atoms with E-state index in [-0.39, 0.29) is 29.3 Å². The fourth-order valence-electron chi connectivity index (χ4n) is 4.96. The Kier molecular flexibility index (Phi) is 6.33. The molecular formula is C25H31N3O4S. The van der Waals surface area contributed by atoms with Crippen molar-refractivity contribution in [2.75, 3.05) is 23.3 Å².